The molecular weight excluding hydrogens is 238 g/mol. The van der Waals surface area contributed by atoms with Gasteiger partial charge in [0.15, 0.2) is 6.10 Å². The predicted molar refractivity (Wildman–Crippen MR) is 61.0 cm³/mol. The number of rotatable bonds is 4. The van der Waals surface area contributed by atoms with E-state index in [0.717, 1.165) is 0 Å². The molecule has 0 fully saturated rings. The number of nitrogens with two attached hydrogens (primary N) is 1. The van der Waals surface area contributed by atoms with Crippen molar-refractivity contribution < 1.29 is 19.7 Å². The number of esters is 1. The molecule has 0 aliphatic heterocycles. The zero-order valence-corrected chi connectivity index (χ0v) is 9.70. The second-order valence-electron chi connectivity index (χ2n) is 3.45. The molecule has 4 N–H and O–H groups in total. The van der Waals surface area contributed by atoms with Gasteiger partial charge in [-0.1, -0.05) is 0 Å². The van der Waals surface area contributed by atoms with E-state index in [1.54, 1.807) is 13.0 Å². The summed E-state index contributed by atoms with van der Waals surface area (Å²) in [5.41, 5.74) is 5.58. The summed E-state index contributed by atoms with van der Waals surface area (Å²) in [5.74, 6) is -0.931. The Labute approximate surface area is 103 Å². The maximum absolute atomic E-state index is 11.2. The highest BCUT2D eigenvalue weighted by molar-refractivity contribution is 5.75. The largest absolute Gasteiger partial charge is 0.464 e. The summed E-state index contributed by atoms with van der Waals surface area (Å²) in [6, 6.07) is 3.05. The SMILES string of the molecule is CCOC(=O)C(O)C(O)c1cnc(N)c(C#N)c1. The molecule has 0 spiro atoms. The number of pyridine rings is 1. The lowest BCUT2D eigenvalue weighted by molar-refractivity contribution is -0.159. The Bertz CT molecular complexity index is 484. The van der Waals surface area contributed by atoms with E-state index in [-0.39, 0.29) is 23.6 Å². The number of carbonyl (C=O) groups excluding carboxylic acids is 1. The van der Waals surface area contributed by atoms with E-state index in [0.29, 0.717) is 0 Å². The summed E-state index contributed by atoms with van der Waals surface area (Å²) in [6.45, 7) is 1.67. The molecule has 2 atom stereocenters. The first-order chi connectivity index (χ1) is 8.51. The lowest BCUT2D eigenvalue weighted by Crippen LogP contribution is -2.30. The van der Waals surface area contributed by atoms with E-state index in [2.05, 4.69) is 9.72 Å². The van der Waals surface area contributed by atoms with Gasteiger partial charge in [-0.15, -0.1) is 0 Å². The molecule has 0 amide bonds. The van der Waals surface area contributed by atoms with Crippen LogP contribution in [0.5, 0.6) is 0 Å². The average molecular weight is 251 g/mol. The van der Waals surface area contributed by atoms with E-state index >= 15 is 0 Å². The zero-order valence-electron chi connectivity index (χ0n) is 9.70. The Hall–Kier alpha value is -2.17. The summed E-state index contributed by atoms with van der Waals surface area (Å²) >= 11 is 0. The summed E-state index contributed by atoms with van der Waals surface area (Å²) in [4.78, 5) is 14.9. The predicted octanol–water partition coefficient (Wildman–Crippen LogP) is -0.507. The molecule has 0 saturated heterocycles. The molecule has 7 heteroatoms. The van der Waals surface area contributed by atoms with Crippen LogP contribution in [0.15, 0.2) is 12.3 Å². The van der Waals surface area contributed by atoms with Crippen molar-refractivity contribution in [1.82, 2.24) is 4.98 Å². The molecular formula is C11H13N3O4. The molecule has 0 aromatic carbocycles. The fourth-order valence-electron chi connectivity index (χ4n) is 1.28. The van der Waals surface area contributed by atoms with Gasteiger partial charge >= 0.3 is 5.97 Å². The van der Waals surface area contributed by atoms with E-state index < -0.39 is 18.2 Å². The number of nitriles is 1. The number of nitrogens with zero attached hydrogens (tertiary/aromatic N) is 2. The van der Waals surface area contributed by atoms with Gasteiger partial charge in [-0.2, -0.15) is 5.26 Å². The van der Waals surface area contributed by atoms with Gasteiger partial charge in [-0.05, 0) is 13.0 Å². The van der Waals surface area contributed by atoms with E-state index in [4.69, 9.17) is 11.0 Å². The summed E-state index contributed by atoms with van der Waals surface area (Å²) in [5, 5.41) is 28.0. The van der Waals surface area contributed by atoms with Crippen molar-refractivity contribution in [3.05, 3.63) is 23.4 Å². The van der Waals surface area contributed by atoms with Gasteiger partial charge in [0.25, 0.3) is 0 Å². The molecule has 0 aliphatic carbocycles. The molecule has 0 aliphatic rings. The fourth-order valence-corrected chi connectivity index (χ4v) is 1.28. The van der Waals surface area contributed by atoms with Gasteiger partial charge in [0.2, 0.25) is 0 Å². The number of aromatic nitrogens is 1. The Balaban J connectivity index is 2.94. The van der Waals surface area contributed by atoms with Crippen LogP contribution in [-0.4, -0.2) is 33.9 Å². The zero-order chi connectivity index (χ0) is 13.7. The maximum Gasteiger partial charge on any atom is 0.338 e. The molecule has 1 rings (SSSR count). The maximum atomic E-state index is 11.2. The molecule has 1 aromatic rings. The molecule has 0 bridgehead atoms. The second kappa shape index (κ2) is 5.95. The minimum absolute atomic E-state index is 0.0130. The van der Waals surface area contributed by atoms with Gasteiger partial charge in [-0.25, -0.2) is 9.78 Å². The van der Waals surface area contributed by atoms with Crippen LogP contribution in [0.1, 0.15) is 24.2 Å². The third-order valence-corrected chi connectivity index (χ3v) is 2.23. The number of hydrogen-bond donors (Lipinski definition) is 3. The lowest BCUT2D eigenvalue weighted by atomic mass is 10.0. The van der Waals surface area contributed by atoms with Crippen molar-refractivity contribution in [3.63, 3.8) is 0 Å². The first kappa shape index (κ1) is 13.9. The van der Waals surface area contributed by atoms with Crippen molar-refractivity contribution in [2.75, 3.05) is 12.3 Å². The molecule has 0 saturated carbocycles. The van der Waals surface area contributed by atoms with Gasteiger partial charge in [0.1, 0.15) is 18.0 Å². The minimum atomic E-state index is -1.73. The van der Waals surface area contributed by atoms with Crippen LogP contribution in [-0.2, 0) is 9.53 Å². The van der Waals surface area contributed by atoms with Crippen molar-refractivity contribution in [3.8, 4) is 6.07 Å². The first-order valence-corrected chi connectivity index (χ1v) is 5.19. The molecule has 1 heterocycles. The molecule has 0 radical (unpaired) electrons. The van der Waals surface area contributed by atoms with Gasteiger partial charge in [-0.3, -0.25) is 0 Å². The number of hydrogen-bond acceptors (Lipinski definition) is 7. The number of nitrogen functional groups attached to an aromatic ring is 1. The Morgan fingerprint density at radius 3 is 2.89 bits per heavy atom. The molecule has 1 aromatic heterocycles. The first-order valence-electron chi connectivity index (χ1n) is 5.19. The number of ether oxygens (including phenoxy) is 1. The standard InChI is InChI=1S/C11H13N3O4/c1-2-18-11(17)9(16)8(15)7-3-6(4-12)10(13)14-5-7/h3,5,8-9,15-16H,2H2,1H3,(H2,13,14). The van der Waals surface area contributed by atoms with E-state index in [9.17, 15) is 15.0 Å². The van der Waals surface area contributed by atoms with Crippen LogP contribution < -0.4 is 5.73 Å². The van der Waals surface area contributed by atoms with Gasteiger partial charge in [0.05, 0.1) is 12.2 Å². The topological polar surface area (TPSA) is 129 Å². The minimum Gasteiger partial charge on any atom is -0.464 e. The number of aliphatic hydroxyl groups is 2. The second-order valence-corrected chi connectivity index (χ2v) is 3.45. The number of carbonyl (C=O) groups is 1. The average Bonchev–Trinajstić information content (AvgIpc) is 2.38. The van der Waals surface area contributed by atoms with Crippen molar-refractivity contribution >= 4 is 11.8 Å². The lowest BCUT2D eigenvalue weighted by Gasteiger charge is -2.16. The monoisotopic (exact) mass is 251 g/mol. The van der Waals surface area contributed by atoms with Crippen molar-refractivity contribution in [1.29, 1.82) is 5.26 Å². The van der Waals surface area contributed by atoms with Crippen LogP contribution in [0, 0.1) is 11.3 Å². The van der Waals surface area contributed by atoms with Gasteiger partial charge < -0.3 is 20.7 Å². The van der Waals surface area contributed by atoms with Crippen molar-refractivity contribution in [2.45, 2.75) is 19.1 Å². The van der Waals surface area contributed by atoms with Crippen LogP contribution in [0.3, 0.4) is 0 Å². The number of aliphatic hydroxyl groups excluding tert-OH is 2. The highest BCUT2D eigenvalue weighted by atomic mass is 16.5. The Morgan fingerprint density at radius 1 is 1.67 bits per heavy atom. The Morgan fingerprint density at radius 2 is 2.33 bits per heavy atom. The van der Waals surface area contributed by atoms with Gasteiger partial charge in [0, 0.05) is 11.8 Å². The van der Waals surface area contributed by atoms with E-state index in [1.807, 2.05) is 0 Å². The quantitative estimate of drug-likeness (QED) is 0.614. The Kier molecular flexibility index (Phi) is 4.59. The summed E-state index contributed by atoms with van der Waals surface area (Å²) in [6.07, 6.45) is -2.07. The van der Waals surface area contributed by atoms with Crippen molar-refractivity contribution in [2.24, 2.45) is 0 Å². The summed E-state index contributed by atoms with van der Waals surface area (Å²) < 4.78 is 4.57. The third-order valence-electron chi connectivity index (χ3n) is 2.23. The summed E-state index contributed by atoms with van der Waals surface area (Å²) in [7, 11) is 0. The highest BCUT2D eigenvalue weighted by Crippen LogP contribution is 2.20. The smallest absolute Gasteiger partial charge is 0.338 e. The molecule has 96 valence electrons. The van der Waals surface area contributed by atoms with Crippen LogP contribution in [0.2, 0.25) is 0 Å². The van der Waals surface area contributed by atoms with E-state index in [1.165, 1.54) is 12.3 Å². The molecule has 7 nitrogen and oxygen atoms in total. The van der Waals surface area contributed by atoms with Crippen LogP contribution >= 0.6 is 0 Å². The normalized spacial score (nSPS) is 13.4. The molecule has 18 heavy (non-hydrogen) atoms. The van der Waals surface area contributed by atoms with Crippen LogP contribution in [0.4, 0.5) is 5.82 Å². The van der Waals surface area contributed by atoms with Crippen LogP contribution in [0.25, 0.3) is 0 Å². The number of anilines is 1. The third kappa shape index (κ3) is 2.94. The molecule has 2 unspecified atom stereocenters. The fraction of sp³-hybridized carbons (Fsp3) is 0.364. The highest BCUT2D eigenvalue weighted by Gasteiger charge is 2.27.